The second kappa shape index (κ2) is 4.95. The van der Waals surface area contributed by atoms with Crippen molar-refractivity contribution in [3.05, 3.63) is 34.1 Å². The van der Waals surface area contributed by atoms with E-state index in [0.29, 0.717) is 5.56 Å². The van der Waals surface area contributed by atoms with Crippen molar-refractivity contribution in [3.63, 3.8) is 0 Å². The van der Waals surface area contributed by atoms with Crippen molar-refractivity contribution >= 4 is 21.7 Å². The Labute approximate surface area is 97.6 Å². The van der Waals surface area contributed by atoms with Gasteiger partial charge in [-0.2, -0.15) is 13.2 Å². The highest BCUT2D eigenvalue weighted by atomic mass is 79.9. The van der Waals surface area contributed by atoms with Gasteiger partial charge in [-0.25, -0.2) is 4.39 Å². The van der Waals surface area contributed by atoms with Gasteiger partial charge in [0.2, 0.25) is 5.78 Å². The van der Waals surface area contributed by atoms with Crippen molar-refractivity contribution in [1.82, 2.24) is 0 Å². The highest BCUT2D eigenvalue weighted by Gasteiger charge is 2.37. The lowest BCUT2D eigenvalue weighted by molar-refractivity contribution is -0.171. The zero-order chi connectivity index (χ0) is 12.3. The standard InChI is InChI=1S/C10H7BrF4O/c11-7-3-1-6(5-8(7)12)2-4-9(16)10(13,14)15/h1,3,5H,2,4H2. The zero-order valence-corrected chi connectivity index (χ0v) is 9.53. The smallest absolute Gasteiger partial charge is 0.290 e. The molecule has 0 saturated heterocycles. The summed E-state index contributed by atoms with van der Waals surface area (Å²) < 4.78 is 48.8. The Hall–Kier alpha value is -0.910. The summed E-state index contributed by atoms with van der Waals surface area (Å²) in [7, 11) is 0. The minimum atomic E-state index is -4.81. The third kappa shape index (κ3) is 3.59. The summed E-state index contributed by atoms with van der Waals surface area (Å²) in [6.07, 6.45) is -5.60. The van der Waals surface area contributed by atoms with Crippen LogP contribution in [0.15, 0.2) is 22.7 Å². The van der Waals surface area contributed by atoms with E-state index in [2.05, 4.69) is 15.9 Å². The first-order valence-corrected chi connectivity index (χ1v) is 5.14. The lowest BCUT2D eigenvalue weighted by Gasteiger charge is -2.05. The van der Waals surface area contributed by atoms with E-state index in [4.69, 9.17) is 0 Å². The predicted octanol–water partition coefficient (Wildman–Crippen LogP) is 3.65. The molecule has 0 aliphatic rings. The maximum atomic E-state index is 13.0. The molecule has 0 amide bonds. The van der Waals surface area contributed by atoms with Crippen LogP contribution in [0.1, 0.15) is 12.0 Å². The van der Waals surface area contributed by atoms with E-state index in [1.54, 1.807) is 0 Å². The van der Waals surface area contributed by atoms with E-state index in [9.17, 15) is 22.4 Å². The molecule has 0 bridgehead atoms. The third-order valence-corrected chi connectivity index (χ3v) is 2.58. The van der Waals surface area contributed by atoms with Crippen molar-refractivity contribution in [2.24, 2.45) is 0 Å². The molecule has 1 nitrogen and oxygen atoms in total. The summed E-state index contributed by atoms with van der Waals surface area (Å²) in [6, 6.07) is 3.97. The van der Waals surface area contributed by atoms with E-state index in [-0.39, 0.29) is 10.9 Å². The third-order valence-electron chi connectivity index (χ3n) is 1.94. The molecule has 0 fully saturated rings. The highest BCUT2D eigenvalue weighted by Crippen LogP contribution is 2.21. The molecular weight excluding hydrogens is 292 g/mol. The second-order valence-electron chi connectivity index (χ2n) is 3.17. The van der Waals surface area contributed by atoms with Gasteiger partial charge in [0, 0.05) is 6.42 Å². The predicted molar refractivity (Wildman–Crippen MR) is 53.5 cm³/mol. The van der Waals surface area contributed by atoms with Crippen molar-refractivity contribution < 1.29 is 22.4 Å². The van der Waals surface area contributed by atoms with Crippen LogP contribution in [0.3, 0.4) is 0 Å². The topological polar surface area (TPSA) is 17.1 Å². The molecule has 0 N–H and O–H groups in total. The van der Waals surface area contributed by atoms with Gasteiger partial charge in [0.25, 0.3) is 0 Å². The van der Waals surface area contributed by atoms with Crippen LogP contribution in [0.5, 0.6) is 0 Å². The van der Waals surface area contributed by atoms with Gasteiger partial charge in [-0.3, -0.25) is 4.79 Å². The first-order chi connectivity index (χ1) is 7.30. The maximum absolute atomic E-state index is 13.0. The monoisotopic (exact) mass is 298 g/mol. The molecule has 0 aliphatic carbocycles. The fraction of sp³-hybridized carbons (Fsp3) is 0.300. The number of rotatable bonds is 3. The summed E-state index contributed by atoms with van der Waals surface area (Å²) in [5.41, 5.74) is 0.360. The molecule has 0 heterocycles. The van der Waals surface area contributed by atoms with Gasteiger partial charge >= 0.3 is 6.18 Å². The molecule has 0 unspecified atom stereocenters. The Morgan fingerprint density at radius 3 is 2.44 bits per heavy atom. The number of hydrogen-bond acceptors (Lipinski definition) is 1. The Morgan fingerprint density at radius 1 is 1.31 bits per heavy atom. The first-order valence-electron chi connectivity index (χ1n) is 4.34. The molecule has 1 aromatic rings. The van der Waals surface area contributed by atoms with E-state index in [1.807, 2.05) is 0 Å². The Morgan fingerprint density at radius 2 is 1.94 bits per heavy atom. The van der Waals surface area contributed by atoms with Crippen LogP contribution in [0.25, 0.3) is 0 Å². The van der Waals surface area contributed by atoms with E-state index >= 15 is 0 Å². The van der Waals surface area contributed by atoms with Crippen molar-refractivity contribution in [2.75, 3.05) is 0 Å². The van der Waals surface area contributed by atoms with Crippen LogP contribution < -0.4 is 0 Å². The molecule has 0 aromatic heterocycles. The summed E-state index contributed by atoms with van der Waals surface area (Å²) in [5.74, 6) is -2.35. The lowest BCUT2D eigenvalue weighted by Crippen LogP contribution is -2.22. The molecule has 1 aromatic carbocycles. The number of benzene rings is 1. The second-order valence-corrected chi connectivity index (χ2v) is 4.02. The maximum Gasteiger partial charge on any atom is 0.449 e. The van der Waals surface area contributed by atoms with Crippen molar-refractivity contribution in [3.8, 4) is 0 Å². The van der Waals surface area contributed by atoms with E-state index in [1.165, 1.54) is 12.1 Å². The molecule has 0 aliphatic heterocycles. The summed E-state index contributed by atoms with van der Waals surface area (Å²) in [4.78, 5) is 10.6. The molecule has 1 rings (SSSR count). The molecule has 88 valence electrons. The van der Waals surface area contributed by atoms with E-state index in [0.717, 1.165) is 6.07 Å². The first kappa shape index (κ1) is 13.2. The lowest BCUT2D eigenvalue weighted by atomic mass is 10.1. The number of carbonyl (C=O) groups excluding carboxylic acids is 1. The zero-order valence-electron chi connectivity index (χ0n) is 7.94. The highest BCUT2D eigenvalue weighted by molar-refractivity contribution is 9.10. The quantitative estimate of drug-likeness (QED) is 0.779. The SMILES string of the molecule is O=C(CCc1ccc(Br)c(F)c1)C(F)(F)F. The largest absolute Gasteiger partial charge is 0.449 e. The number of hydrogen-bond donors (Lipinski definition) is 0. The molecule has 0 saturated carbocycles. The van der Waals surface area contributed by atoms with Crippen LogP contribution in [0, 0.1) is 5.82 Å². The van der Waals surface area contributed by atoms with Crippen LogP contribution >= 0.6 is 15.9 Å². The van der Waals surface area contributed by atoms with Gasteiger partial charge in [0.15, 0.2) is 0 Å². The Bertz CT molecular complexity index is 400. The molecule has 0 spiro atoms. The van der Waals surface area contributed by atoms with Crippen LogP contribution in [0.2, 0.25) is 0 Å². The minimum absolute atomic E-state index is 0.122. The fourth-order valence-corrected chi connectivity index (χ4v) is 1.34. The number of halogens is 5. The van der Waals surface area contributed by atoms with Crippen molar-refractivity contribution in [2.45, 2.75) is 19.0 Å². The van der Waals surface area contributed by atoms with Gasteiger partial charge in [0.1, 0.15) is 5.82 Å². The summed E-state index contributed by atoms with van der Waals surface area (Å²) in [6.45, 7) is 0. The van der Waals surface area contributed by atoms with Crippen LogP contribution in [-0.2, 0) is 11.2 Å². The van der Waals surface area contributed by atoms with Crippen LogP contribution in [-0.4, -0.2) is 12.0 Å². The van der Waals surface area contributed by atoms with Gasteiger partial charge in [-0.15, -0.1) is 0 Å². The Kier molecular flexibility index (Phi) is 4.07. The van der Waals surface area contributed by atoms with Gasteiger partial charge in [0.05, 0.1) is 4.47 Å². The number of carbonyl (C=O) groups is 1. The fourth-order valence-electron chi connectivity index (χ4n) is 1.09. The van der Waals surface area contributed by atoms with E-state index < -0.39 is 24.2 Å². The van der Waals surface area contributed by atoms with Gasteiger partial charge in [-0.05, 0) is 40.0 Å². The number of alkyl halides is 3. The van der Waals surface area contributed by atoms with Gasteiger partial charge < -0.3 is 0 Å². The average Bonchev–Trinajstić information content (AvgIpc) is 2.18. The number of Topliss-reactive ketones (excluding diaryl/α,β-unsaturated/α-hetero) is 1. The summed E-state index contributed by atoms with van der Waals surface area (Å²) in [5, 5.41) is 0. The normalized spacial score (nSPS) is 11.6. The van der Waals surface area contributed by atoms with Crippen LogP contribution in [0.4, 0.5) is 17.6 Å². The number of ketones is 1. The molecule has 0 atom stereocenters. The molecular formula is C10H7BrF4O. The summed E-state index contributed by atoms with van der Waals surface area (Å²) >= 11 is 2.92. The molecule has 16 heavy (non-hydrogen) atoms. The Balaban J connectivity index is 2.62. The molecule has 6 heteroatoms. The van der Waals surface area contributed by atoms with Gasteiger partial charge in [-0.1, -0.05) is 6.07 Å². The molecule has 0 radical (unpaired) electrons. The number of aryl methyl sites for hydroxylation is 1. The average molecular weight is 299 g/mol. The minimum Gasteiger partial charge on any atom is -0.290 e. The van der Waals surface area contributed by atoms with Crippen molar-refractivity contribution in [1.29, 1.82) is 0 Å².